The summed E-state index contributed by atoms with van der Waals surface area (Å²) < 4.78 is 8.17. The predicted octanol–water partition coefficient (Wildman–Crippen LogP) is 2.52. The average Bonchev–Trinajstić information content (AvgIpc) is 2.88. The number of aromatic nitrogens is 3. The van der Waals surface area contributed by atoms with Gasteiger partial charge in [0.2, 0.25) is 0 Å². The van der Waals surface area contributed by atoms with Crippen molar-refractivity contribution in [1.82, 2.24) is 14.8 Å². The number of benzene rings is 1. The largest absolute Gasteiger partial charge is 0.485 e. The summed E-state index contributed by atoms with van der Waals surface area (Å²) in [6.45, 7) is 5.46. The van der Waals surface area contributed by atoms with Gasteiger partial charge in [0.1, 0.15) is 18.2 Å². The monoisotopic (exact) mass is 286 g/mol. The highest BCUT2D eigenvalue weighted by Crippen LogP contribution is 2.26. The van der Waals surface area contributed by atoms with Crippen molar-refractivity contribution in [2.24, 2.45) is 5.73 Å². The van der Waals surface area contributed by atoms with Gasteiger partial charge in [0.15, 0.2) is 5.82 Å². The highest BCUT2D eigenvalue weighted by atomic mass is 16.5. The summed E-state index contributed by atoms with van der Waals surface area (Å²) >= 11 is 0. The van der Waals surface area contributed by atoms with Gasteiger partial charge in [0.05, 0.1) is 0 Å². The van der Waals surface area contributed by atoms with Gasteiger partial charge >= 0.3 is 0 Å². The molecule has 5 heteroatoms. The van der Waals surface area contributed by atoms with Crippen molar-refractivity contribution in [1.29, 1.82) is 0 Å². The molecule has 21 heavy (non-hydrogen) atoms. The quantitative estimate of drug-likeness (QED) is 0.938. The minimum absolute atomic E-state index is 0.0482. The molecule has 0 amide bonds. The third-order valence-electron chi connectivity index (χ3n) is 3.95. The van der Waals surface area contributed by atoms with E-state index in [1.807, 2.05) is 19.1 Å². The van der Waals surface area contributed by atoms with Gasteiger partial charge in [0, 0.05) is 24.6 Å². The van der Waals surface area contributed by atoms with E-state index in [0.29, 0.717) is 6.61 Å². The number of nitrogens with zero attached hydrogens (tertiary/aromatic N) is 3. The van der Waals surface area contributed by atoms with Gasteiger partial charge in [-0.1, -0.05) is 12.1 Å². The fraction of sp³-hybridized carbons (Fsp3) is 0.500. The zero-order valence-corrected chi connectivity index (χ0v) is 12.7. The molecule has 0 aliphatic carbocycles. The maximum absolute atomic E-state index is 6.01. The van der Waals surface area contributed by atoms with Crippen molar-refractivity contribution in [3.8, 4) is 5.75 Å². The van der Waals surface area contributed by atoms with E-state index in [4.69, 9.17) is 10.5 Å². The average molecular weight is 286 g/mol. The molecule has 2 heterocycles. The number of rotatable bonds is 4. The normalized spacial score (nSPS) is 15.6. The molecule has 5 nitrogen and oxygen atoms in total. The summed E-state index contributed by atoms with van der Waals surface area (Å²) in [5, 5.41) is 8.52. The van der Waals surface area contributed by atoms with Crippen LogP contribution in [0.5, 0.6) is 5.75 Å². The van der Waals surface area contributed by atoms with Crippen molar-refractivity contribution in [2.45, 2.75) is 52.3 Å². The summed E-state index contributed by atoms with van der Waals surface area (Å²) in [5.41, 5.74) is 8.20. The molecule has 1 aromatic heterocycles. The Balaban J connectivity index is 1.79. The summed E-state index contributed by atoms with van der Waals surface area (Å²) in [6.07, 6.45) is 3.40. The van der Waals surface area contributed by atoms with Crippen molar-refractivity contribution in [3.63, 3.8) is 0 Å². The third-order valence-corrected chi connectivity index (χ3v) is 3.95. The van der Waals surface area contributed by atoms with Gasteiger partial charge in [-0.15, -0.1) is 10.2 Å². The lowest BCUT2D eigenvalue weighted by Crippen LogP contribution is -2.15. The molecular formula is C16H22N4O. The molecule has 112 valence electrons. The number of fused-ring (bicyclic) bond motifs is 1. The van der Waals surface area contributed by atoms with Crippen molar-refractivity contribution >= 4 is 0 Å². The molecule has 0 spiro atoms. The van der Waals surface area contributed by atoms with Crippen molar-refractivity contribution in [2.75, 3.05) is 0 Å². The molecule has 0 bridgehead atoms. The Morgan fingerprint density at radius 1 is 1.33 bits per heavy atom. The van der Waals surface area contributed by atoms with Gasteiger partial charge < -0.3 is 15.0 Å². The van der Waals surface area contributed by atoms with Gasteiger partial charge in [0.25, 0.3) is 0 Å². The zero-order valence-electron chi connectivity index (χ0n) is 12.7. The first-order valence-electron chi connectivity index (χ1n) is 7.55. The highest BCUT2D eigenvalue weighted by molar-refractivity contribution is 5.38. The molecule has 2 aromatic rings. The Labute approximate surface area is 125 Å². The lowest BCUT2D eigenvalue weighted by Gasteiger charge is -2.17. The number of hydrogen-bond acceptors (Lipinski definition) is 4. The van der Waals surface area contributed by atoms with Crippen LogP contribution in [0, 0.1) is 6.92 Å². The molecule has 0 unspecified atom stereocenters. The van der Waals surface area contributed by atoms with E-state index in [-0.39, 0.29) is 6.04 Å². The van der Waals surface area contributed by atoms with Crippen molar-refractivity contribution in [3.05, 3.63) is 41.0 Å². The van der Waals surface area contributed by atoms with Crippen LogP contribution < -0.4 is 10.5 Å². The van der Waals surface area contributed by atoms with Crippen LogP contribution in [-0.2, 0) is 19.6 Å². The van der Waals surface area contributed by atoms with E-state index in [1.165, 1.54) is 12.8 Å². The second-order valence-corrected chi connectivity index (χ2v) is 5.76. The second kappa shape index (κ2) is 5.85. The van der Waals surface area contributed by atoms with Crippen LogP contribution in [0.2, 0.25) is 0 Å². The number of hydrogen-bond donors (Lipinski definition) is 1. The molecule has 1 aliphatic heterocycles. The summed E-state index contributed by atoms with van der Waals surface area (Å²) in [7, 11) is 0. The fourth-order valence-electron chi connectivity index (χ4n) is 2.76. The summed E-state index contributed by atoms with van der Waals surface area (Å²) in [6, 6.07) is 6.08. The van der Waals surface area contributed by atoms with Crippen LogP contribution in [0.1, 0.15) is 48.6 Å². The fourth-order valence-corrected chi connectivity index (χ4v) is 2.76. The van der Waals surface area contributed by atoms with Gasteiger partial charge in [-0.2, -0.15) is 0 Å². The Morgan fingerprint density at radius 3 is 3.00 bits per heavy atom. The van der Waals surface area contributed by atoms with Crippen LogP contribution in [0.15, 0.2) is 18.2 Å². The van der Waals surface area contributed by atoms with Crippen LogP contribution >= 0.6 is 0 Å². The SMILES string of the molecule is Cc1ccc([C@H](C)N)c(OCc2nnc3n2CCCC3)c1. The van der Waals surface area contributed by atoms with Crippen LogP contribution in [0.25, 0.3) is 0 Å². The lowest BCUT2D eigenvalue weighted by atomic mass is 10.1. The maximum atomic E-state index is 6.01. The van der Waals surface area contributed by atoms with Gasteiger partial charge in [-0.25, -0.2) is 0 Å². The molecule has 1 aromatic carbocycles. The Hall–Kier alpha value is -1.88. The van der Waals surface area contributed by atoms with E-state index in [9.17, 15) is 0 Å². The number of ether oxygens (including phenoxy) is 1. The van der Waals surface area contributed by atoms with E-state index in [0.717, 1.165) is 41.5 Å². The molecule has 0 saturated carbocycles. The Morgan fingerprint density at radius 2 is 2.19 bits per heavy atom. The van der Waals surface area contributed by atoms with E-state index >= 15 is 0 Å². The molecule has 1 atom stereocenters. The van der Waals surface area contributed by atoms with Gasteiger partial charge in [-0.3, -0.25) is 0 Å². The van der Waals surface area contributed by atoms with E-state index < -0.39 is 0 Å². The van der Waals surface area contributed by atoms with E-state index in [2.05, 4.69) is 27.8 Å². The molecule has 2 N–H and O–H groups in total. The number of aryl methyl sites for hydroxylation is 2. The minimum Gasteiger partial charge on any atom is -0.485 e. The highest BCUT2D eigenvalue weighted by Gasteiger charge is 2.16. The Kier molecular flexibility index (Phi) is 3.92. The first-order valence-corrected chi connectivity index (χ1v) is 7.55. The van der Waals surface area contributed by atoms with E-state index in [1.54, 1.807) is 0 Å². The molecule has 3 rings (SSSR count). The Bertz CT molecular complexity index is 633. The standard InChI is InChI=1S/C16H22N4O/c1-11-6-7-13(12(2)17)14(9-11)21-10-16-19-18-15-5-3-4-8-20(15)16/h6-7,9,12H,3-5,8,10,17H2,1-2H3/t12-/m0/s1. The zero-order chi connectivity index (χ0) is 14.8. The summed E-state index contributed by atoms with van der Waals surface area (Å²) in [5.74, 6) is 2.83. The molecule has 1 aliphatic rings. The molecule has 0 fully saturated rings. The van der Waals surface area contributed by atoms with Crippen molar-refractivity contribution < 1.29 is 4.74 Å². The van der Waals surface area contributed by atoms with Crippen LogP contribution in [0.4, 0.5) is 0 Å². The van der Waals surface area contributed by atoms with Crippen LogP contribution in [0.3, 0.4) is 0 Å². The molecular weight excluding hydrogens is 264 g/mol. The topological polar surface area (TPSA) is 66.0 Å². The van der Waals surface area contributed by atoms with Crippen LogP contribution in [-0.4, -0.2) is 14.8 Å². The van der Waals surface area contributed by atoms with Gasteiger partial charge in [-0.05, 0) is 38.3 Å². The lowest BCUT2D eigenvalue weighted by molar-refractivity contribution is 0.282. The molecule has 0 radical (unpaired) electrons. The number of nitrogens with two attached hydrogens (primary N) is 1. The summed E-state index contributed by atoms with van der Waals surface area (Å²) in [4.78, 5) is 0. The minimum atomic E-state index is -0.0482. The smallest absolute Gasteiger partial charge is 0.171 e. The first kappa shape index (κ1) is 14.1. The first-order chi connectivity index (χ1) is 10.1. The third kappa shape index (κ3) is 2.93. The maximum Gasteiger partial charge on any atom is 0.171 e. The second-order valence-electron chi connectivity index (χ2n) is 5.76. The predicted molar refractivity (Wildman–Crippen MR) is 81.1 cm³/mol. The molecule has 0 saturated heterocycles.